The molecular formula is C18H16N4O2. The Morgan fingerprint density at radius 3 is 2.88 bits per heavy atom. The van der Waals surface area contributed by atoms with Gasteiger partial charge in [-0.3, -0.25) is 0 Å². The summed E-state index contributed by atoms with van der Waals surface area (Å²) in [5.74, 6) is 1.31. The van der Waals surface area contributed by atoms with E-state index in [1.54, 1.807) is 10.7 Å². The third-order valence-electron chi connectivity index (χ3n) is 4.43. The van der Waals surface area contributed by atoms with Crippen molar-refractivity contribution < 1.29 is 9.15 Å². The van der Waals surface area contributed by atoms with E-state index in [2.05, 4.69) is 10.1 Å². The minimum absolute atomic E-state index is 0.156. The normalized spacial score (nSPS) is 20.4. The third-order valence-corrected chi connectivity index (χ3v) is 4.43. The second-order valence-corrected chi connectivity index (χ2v) is 6.20. The van der Waals surface area contributed by atoms with E-state index in [0.717, 1.165) is 40.9 Å². The predicted molar refractivity (Wildman–Crippen MR) is 89.8 cm³/mol. The van der Waals surface area contributed by atoms with Gasteiger partial charge in [0, 0.05) is 17.5 Å². The SMILES string of the molecule is NC1CC(Oc2ccc3ncc(-c4cc5ccccc5o4)n3n2)C1. The van der Waals surface area contributed by atoms with Gasteiger partial charge in [-0.25, -0.2) is 9.50 Å². The molecule has 24 heavy (non-hydrogen) atoms. The minimum atomic E-state index is 0.156. The maximum atomic E-state index is 5.93. The van der Waals surface area contributed by atoms with Gasteiger partial charge >= 0.3 is 0 Å². The van der Waals surface area contributed by atoms with E-state index >= 15 is 0 Å². The highest BCUT2D eigenvalue weighted by Gasteiger charge is 2.28. The molecule has 0 aliphatic heterocycles. The molecule has 6 nitrogen and oxygen atoms in total. The number of nitrogens with zero attached hydrogens (tertiary/aromatic N) is 3. The molecule has 1 saturated carbocycles. The molecule has 3 heterocycles. The molecule has 2 N–H and O–H groups in total. The molecule has 0 amide bonds. The first-order valence-electron chi connectivity index (χ1n) is 8.02. The molecule has 1 aliphatic carbocycles. The molecule has 0 unspecified atom stereocenters. The highest BCUT2D eigenvalue weighted by atomic mass is 16.5. The number of para-hydroxylation sites is 1. The van der Waals surface area contributed by atoms with E-state index in [1.807, 2.05) is 42.5 Å². The molecule has 1 aliphatic rings. The summed E-state index contributed by atoms with van der Waals surface area (Å²) < 4.78 is 13.6. The van der Waals surface area contributed by atoms with Crippen molar-refractivity contribution in [2.24, 2.45) is 5.73 Å². The second kappa shape index (κ2) is 5.07. The molecule has 0 saturated heterocycles. The zero-order valence-corrected chi connectivity index (χ0v) is 12.9. The zero-order chi connectivity index (χ0) is 16.1. The number of rotatable bonds is 3. The summed E-state index contributed by atoms with van der Waals surface area (Å²) in [7, 11) is 0. The van der Waals surface area contributed by atoms with Crippen LogP contribution in [0.4, 0.5) is 0 Å². The van der Waals surface area contributed by atoms with E-state index in [-0.39, 0.29) is 12.1 Å². The van der Waals surface area contributed by atoms with Crippen LogP contribution >= 0.6 is 0 Å². The maximum absolute atomic E-state index is 5.93. The highest BCUT2D eigenvalue weighted by molar-refractivity contribution is 5.82. The molecule has 1 aromatic carbocycles. The molecule has 0 atom stereocenters. The molecule has 5 rings (SSSR count). The van der Waals surface area contributed by atoms with Crippen molar-refractivity contribution in [3.8, 4) is 17.3 Å². The monoisotopic (exact) mass is 320 g/mol. The van der Waals surface area contributed by atoms with Crippen LogP contribution in [0.25, 0.3) is 28.1 Å². The zero-order valence-electron chi connectivity index (χ0n) is 12.9. The Kier molecular flexibility index (Phi) is 2.87. The van der Waals surface area contributed by atoms with Gasteiger partial charge in [-0.05, 0) is 31.0 Å². The lowest BCUT2D eigenvalue weighted by atomic mass is 9.90. The van der Waals surface area contributed by atoms with Crippen molar-refractivity contribution in [3.63, 3.8) is 0 Å². The van der Waals surface area contributed by atoms with Crippen molar-refractivity contribution in [2.45, 2.75) is 25.0 Å². The molecule has 0 bridgehead atoms. The fraction of sp³-hybridized carbons (Fsp3) is 0.222. The second-order valence-electron chi connectivity index (χ2n) is 6.20. The Hall–Kier alpha value is -2.86. The summed E-state index contributed by atoms with van der Waals surface area (Å²) in [5, 5.41) is 5.61. The van der Waals surface area contributed by atoms with Crippen molar-refractivity contribution >= 4 is 16.6 Å². The first-order valence-corrected chi connectivity index (χ1v) is 8.02. The number of nitrogens with two attached hydrogens (primary N) is 1. The maximum Gasteiger partial charge on any atom is 0.232 e. The summed E-state index contributed by atoms with van der Waals surface area (Å²) in [6.07, 6.45) is 3.67. The van der Waals surface area contributed by atoms with Gasteiger partial charge in [-0.2, -0.15) is 0 Å². The Bertz CT molecular complexity index is 997. The molecule has 4 aromatic rings. The average molecular weight is 320 g/mol. The Morgan fingerprint density at radius 2 is 2.04 bits per heavy atom. The number of hydrogen-bond donors (Lipinski definition) is 1. The number of imidazole rings is 1. The first-order chi connectivity index (χ1) is 11.8. The van der Waals surface area contributed by atoms with Gasteiger partial charge in [-0.15, -0.1) is 5.10 Å². The fourth-order valence-electron chi connectivity index (χ4n) is 3.07. The van der Waals surface area contributed by atoms with Crippen molar-refractivity contribution in [1.29, 1.82) is 0 Å². The molecule has 1 fully saturated rings. The topological polar surface area (TPSA) is 78.6 Å². The predicted octanol–water partition coefficient (Wildman–Crippen LogP) is 3.01. The summed E-state index contributed by atoms with van der Waals surface area (Å²) in [4.78, 5) is 4.40. The Morgan fingerprint density at radius 1 is 1.17 bits per heavy atom. The number of aromatic nitrogens is 3. The van der Waals surface area contributed by atoms with Gasteiger partial charge < -0.3 is 14.9 Å². The first kappa shape index (κ1) is 13.6. The molecule has 3 aromatic heterocycles. The minimum Gasteiger partial charge on any atom is -0.473 e. The number of fused-ring (bicyclic) bond motifs is 2. The molecular weight excluding hydrogens is 304 g/mol. The van der Waals surface area contributed by atoms with Crippen LogP contribution in [0.15, 0.2) is 53.1 Å². The third kappa shape index (κ3) is 2.15. The standard InChI is InChI=1S/C18H16N4O2/c19-12-8-13(9-12)23-18-6-5-17-20-10-14(22(17)21-18)16-7-11-3-1-2-4-15(11)24-16/h1-7,10,12-13H,8-9,19H2. The lowest BCUT2D eigenvalue weighted by molar-refractivity contribution is 0.0944. The van der Waals surface area contributed by atoms with Gasteiger partial charge in [-0.1, -0.05) is 18.2 Å². The number of furan rings is 1. The Labute approximate surface area is 137 Å². The van der Waals surface area contributed by atoms with Gasteiger partial charge in [0.2, 0.25) is 5.88 Å². The van der Waals surface area contributed by atoms with Crippen LogP contribution < -0.4 is 10.5 Å². The summed E-state index contributed by atoms with van der Waals surface area (Å²) in [6, 6.07) is 13.9. The Balaban J connectivity index is 1.55. The van der Waals surface area contributed by atoms with E-state index in [1.165, 1.54) is 0 Å². The molecule has 120 valence electrons. The summed E-state index contributed by atoms with van der Waals surface area (Å²) >= 11 is 0. The van der Waals surface area contributed by atoms with Crippen LogP contribution in [-0.4, -0.2) is 26.7 Å². The average Bonchev–Trinajstić information content (AvgIpc) is 3.16. The lowest BCUT2D eigenvalue weighted by Gasteiger charge is -2.31. The van der Waals surface area contributed by atoms with Crippen LogP contribution in [0.1, 0.15) is 12.8 Å². The summed E-state index contributed by atoms with van der Waals surface area (Å²) in [5.41, 5.74) is 8.21. The highest BCUT2D eigenvalue weighted by Crippen LogP contribution is 2.29. The van der Waals surface area contributed by atoms with Crippen LogP contribution in [-0.2, 0) is 0 Å². The smallest absolute Gasteiger partial charge is 0.232 e. The molecule has 6 heteroatoms. The lowest BCUT2D eigenvalue weighted by Crippen LogP contribution is -2.43. The van der Waals surface area contributed by atoms with Crippen LogP contribution in [0.3, 0.4) is 0 Å². The van der Waals surface area contributed by atoms with E-state index < -0.39 is 0 Å². The number of hydrogen-bond acceptors (Lipinski definition) is 5. The molecule has 0 spiro atoms. The van der Waals surface area contributed by atoms with Crippen LogP contribution in [0.5, 0.6) is 5.88 Å². The van der Waals surface area contributed by atoms with E-state index in [9.17, 15) is 0 Å². The largest absolute Gasteiger partial charge is 0.473 e. The van der Waals surface area contributed by atoms with E-state index in [0.29, 0.717) is 5.88 Å². The number of benzene rings is 1. The van der Waals surface area contributed by atoms with E-state index in [4.69, 9.17) is 14.9 Å². The summed E-state index contributed by atoms with van der Waals surface area (Å²) in [6.45, 7) is 0. The van der Waals surface area contributed by atoms with Crippen LogP contribution in [0, 0.1) is 0 Å². The molecule has 0 radical (unpaired) electrons. The van der Waals surface area contributed by atoms with Crippen LogP contribution in [0.2, 0.25) is 0 Å². The van der Waals surface area contributed by atoms with Gasteiger partial charge in [0.25, 0.3) is 0 Å². The van der Waals surface area contributed by atoms with Gasteiger partial charge in [0.1, 0.15) is 17.4 Å². The number of ether oxygens (including phenoxy) is 1. The van der Waals surface area contributed by atoms with Gasteiger partial charge in [0.05, 0.1) is 6.20 Å². The van der Waals surface area contributed by atoms with Crippen molar-refractivity contribution in [3.05, 3.63) is 48.7 Å². The van der Waals surface area contributed by atoms with Crippen molar-refractivity contribution in [1.82, 2.24) is 14.6 Å². The van der Waals surface area contributed by atoms with Crippen molar-refractivity contribution in [2.75, 3.05) is 0 Å². The quantitative estimate of drug-likeness (QED) is 0.628. The fourth-order valence-corrected chi connectivity index (χ4v) is 3.07. The van der Waals surface area contributed by atoms with Gasteiger partial charge in [0.15, 0.2) is 11.4 Å².